The molecule has 0 bridgehead atoms. The number of aryl methyl sites for hydroxylation is 1. The van der Waals surface area contributed by atoms with E-state index in [1.54, 1.807) is 12.1 Å². The number of nitrogens with one attached hydrogen (secondary N) is 1. The Morgan fingerprint density at radius 1 is 1.60 bits per heavy atom. The van der Waals surface area contributed by atoms with Gasteiger partial charge in [-0.15, -0.1) is 0 Å². The monoisotopic (exact) mass is 139 g/mol. The maximum Gasteiger partial charge on any atom is 0.249 e. The van der Waals surface area contributed by atoms with Crippen molar-refractivity contribution in [3.63, 3.8) is 0 Å². The van der Waals surface area contributed by atoms with Gasteiger partial charge < -0.3 is 9.15 Å². The Morgan fingerprint density at radius 2 is 2.30 bits per heavy atom. The summed E-state index contributed by atoms with van der Waals surface area (Å²) in [5.74, 6) is 1.32. The minimum Gasteiger partial charge on any atom is -0.479 e. The van der Waals surface area contributed by atoms with Crippen molar-refractivity contribution < 1.29 is 9.15 Å². The van der Waals surface area contributed by atoms with E-state index in [9.17, 15) is 0 Å². The van der Waals surface area contributed by atoms with Crippen molar-refractivity contribution in [3.8, 4) is 0 Å². The van der Waals surface area contributed by atoms with Crippen molar-refractivity contribution in [2.75, 3.05) is 7.11 Å². The third-order valence-electron chi connectivity index (χ3n) is 1.17. The SMILES string of the molecule is COC(=N)c1ccc(C)o1. The van der Waals surface area contributed by atoms with E-state index in [0.717, 1.165) is 5.76 Å². The highest BCUT2D eigenvalue weighted by Gasteiger charge is 2.03. The van der Waals surface area contributed by atoms with Gasteiger partial charge in [0, 0.05) is 0 Å². The molecule has 1 aromatic heterocycles. The number of furan rings is 1. The number of hydrogen-bond acceptors (Lipinski definition) is 3. The van der Waals surface area contributed by atoms with Crippen LogP contribution in [0.1, 0.15) is 11.5 Å². The first-order chi connectivity index (χ1) is 4.74. The van der Waals surface area contributed by atoms with Crippen LogP contribution in [0.4, 0.5) is 0 Å². The van der Waals surface area contributed by atoms with E-state index >= 15 is 0 Å². The van der Waals surface area contributed by atoms with Gasteiger partial charge in [-0.2, -0.15) is 0 Å². The molecule has 0 unspecified atom stereocenters. The van der Waals surface area contributed by atoms with Gasteiger partial charge in [-0.3, -0.25) is 5.41 Å². The molecule has 0 aliphatic heterocycles. The van der Waals surface area contributed by atoms with Gasteiger partial charge in [-0.05, 0) is 19.1 Å². The van der Waals surface area contributed by atoms with Crippen LogP contribution in [0.25, 0.3) is 0 Å². The van der Waals surface area contributed by atoms with Crippen LogP contribution in [0.3, 0.4) is 0 Å². The lowest BCUT2D eigenvalue weighted by Crippen LogP contribution is -1.98. The van der Waals surface area contributed by atoms with Gasteiger partial charge >= 0.3 is 0 Å². The van der Waals surface area contributed by atoms with Gasteiger partial charge in [0.25, 0.3) is 0 Å². The highest BCUT2D eigenvalue weighted by molar-refractivity contribution is 5.88. The fraction of sp³-hybridized carbons (Fsp3) is 0.286. The van der Waals surface area contributed by atoms with Crippen LogP contribution < -0.4 is 0 Å². The van der Waals surface area contributed by atoms with E-state index < -0.39 is 0 Å². The second-order valence-corrected chi connectivity index (χ2v) is 1.94. The second kappa shape index (κ2) is 2.56. The number of methoxy groups -OCH3 is 1. The molecular formula is C7H9NO2. The van der Waals surface area contributed by atoms with Crippen molar-refractivity contribution in [1.82, 2.24) is 0 Å². The Labute approximate surface area is 59.1 Å². The third kappa shape index (κ3) is 1.18. The molecule has 3 heteroatoms. The number of hydrogen-bond donors (Lipinski definition) is 1. The zero-order chi connectivity index (χ0) is 7.56. The third-order valence-corrected chi connectivity index (χ3v) is 1.17. The molecule has 1 N–H and O–H groups in total. The zero-order valence-electron chi connectivity index (χ0n) is 5.97. The molecule has 0 atom stereocenters. The lowest BCUT2D eigenvalue weighted by molar-refractivity contribution is 0.381. The molecule has 1 heterocycles. The zero-order valence-corrected chi connectivity index (χ0v) is 5.97. The topological polar surface area (TPSA) is 46.2 Å². The molecule has 0 saturated carbocycles. The largest absolute Gasteiger partial charge is 0.479 e. The van der Waals surface area contributed by atoms with Crippen molar-refractivity contribution in [1.29, 1.82) is 5.41 Å². The van der Waals surface area contributed by atoms with Gasteiger partial charge in [0.1, 0.15) is 5.76 Å². The summed E-state index contributed by atoms with van der Waals surface area (Å²) < 4.78 is 9.73. The molecule has 1 rings (SSSR count). The summed E-state index contributed by atoms with van der Waals surface area (Å²) >= 11 is 0. The molecule has 0 radical (unpaired) electrons. The maximum atomic E-state index is 7.18. The molecule has 0 spiro atoms. The van der Waals surface area contributed by atoms with Crippen LogP contribution in [-0.2, 0) is 4.74 Å². The molecule has 0 fully saturated rings. The lowest BCUT2D eigenvalue weighted by Gasteiger charge is -1.94. The standard InChI is InChI=1S/C7H9NO2/c1-5-3-4-6(10-5)7(8)9-2/h3-4,8H,1-2H3. The summed E-state index contributed by atoms with van der Waals surface area (Å²) in [6.45, 7) is 1.83. The van der Waals surface area contributed by atoms with E-state index in [4.69, 9.17) is 9.83 Å². The average Bonchev–Trinajstić information content (AvgIpc) is 2.34. The summed E-state index contributed by atoms with van der Waals surface area (Å²) in [7, 11) is 1.44. The predicted octanol–water partition coefficient (Wildman–Crippen LogP) is 1.56. The molecule has 54 valence electrons. The van der Waals surface area contributed by atoms with Crippen LogP contribution in [0.5, 0.6) is 0 Å². The normalized spacial score (nSPS) is 9.40. The van der Waals surface area contributed by atoms with Crippen LogP contribution in [0, 0.1) is 12.3 Å². The first kappa shape index (κ1) is 6.86. The Bertz CT molecular complexity index is 240. The van der Waals surface area contributed by atoms with Crippen molar-refractivity contribution >= 4 is 5.90 Å². The molecule has 1 aromatic rings. The molecule has 0 aromatic carbocycles. The second-order valence-electron chi connectivity index (χ2n) is 1.94. The molecule has 0 amide bonds. The fourth-order valence-electron chi connectivity index (χ4n) is 0.657. The quantitative estimate of drug-likeness (QED) is 0.474. The number of ether oxygens (including phenoxy) is 1. The Morgan fingerprint density at radius 3 is 2.70 bits per heavy atom. The van der Waals surface area contributed by atoms with Crippen LogP contribution >= 0.6 is 0 Å². The Hall–Kier alpha value is -1.25. The smallest absolute Gasteiger partial charge is 0.249 e. The Balaban J connectivity index is 2.85. The predicted molar refractivity (Wildman–Crippen MR) is 37.3 cm³/mol. The lowest BCUT2D eigenvalue weighted by atomic mass is 10.4. The summed E-state index contributed by atoms with van der Waals surface area (Å²) in [6, 6.07) is 3.50. The molecule has 0 aliphatic rings. The molecular weight excluding hydrogens is 130 g/mol. The first-order valence-electron chi connectivity index (χ1n) is 2.93. The van der Waals surface area contributed by atoms with E-state index in [2.05, 4.69) is 4.74 Å². The van der Waals surface area contributed by atoms with E-state index in [1.807, 2.05) is 6.92 Å². The maximum absolute atomic E-state index is 7.18. The van der Waals surface area contributed by atoms with Gasteiger partial charge in [0.2, 0.25) is 5.90 Å². The van der Waals surface area contributed by atoms with Crippen LogP contribution in [0.15, 0.2) is 16.5 Å². The van der Waals surface area contributed by atoms with Crippen molar-refractivity contribution in [3.05, 3.63) is 23.7 Å². The van der Waals surface area contributed by atoms with E-state index in [-0.39, 0.29) is 5.90 Å². The highest BCUT2D eigenvalue weighted by Crippen LogP contribution is 2.06. The minimum absolute atomic E-state index is 0.0631. The average molecular weight is 139 g/mol. The Kier molecular flexibility index (Phi) is 1.76. The molecule has 3 nitrogen and oxygen atoms in total. The molecule has 0 saturated heterocycles. The summed E-state index contributed by atoms with van der Waals surface area (Å²) in [5.41, 5.74) is 0. The summed E-state index contributed by atoms with van der Waals surface area (Å²) in [5, 5.41) is 7.18. The van der Waals surface area contributed by atoms with Gasteiger partial charge in [-0.25, -0.2) is 0 Å². The van der Waals surface area contributed by atoms with Crippen molar-refractivity contribution in [2.24, 2.45) is 0 Å². The van der Waals surface area contributed by atoms with Gasteiger partial charge in [0.15, 0.2) is 5.76 Å². The first-order valence-corrected chi connectivity index (χ1v) is 2.93. The highest BCUT2D eigenvalue weighted by atomic mass is 16.5. The van der Waals surface area contributed by atoms with Crippen molar-refractivity contribution in [2.45, 2.75) is 6.92 Å². The van der Waals surface area contributed by atoms with Crippen LogP contribution in [-0.4, -0.2) is 13.0 Å². The van der Waals surface area contributed by atoms with E-state index in [0.29, 0.717) is 5.76 Å². The van der Waals surface area contributed by atoms with E-state index in [1.165, 1.54) is 7.11 Å². The van der Waals surface area contributed by atoms with Gasteiger partial charge in [0.05, 0.1) is 7.11 Å². The minimum atomic E-state index is 0.0631. The van der Waals surface area contributed by atoms with Crippen LogP contribution in [0.2, 0.25) is 0 Å². The molecule has 10 heavy (non-hydrogen) atoms. The number of rotatable bonds is 1. The summed E-state index contributed by atoms with van der Waals surface area (Å²) in [6.07, 6.45) is 0. The molecule has 0 aliphatic carbocycles. The fourth-order valence-corrected chi connectivity index (χ4v) is 0.657. The van der Waals surface area contributed by atoms with Gasteiger partial charge in [-0.1, -0.05) is 0 Å². The summed E-state index contributed by atoms with van der Waals surface area (Å²) in [4.78, 5) is 0.